The second kappa shape index (κ2) is 9.05. The normalized spacial score (nSPS) is 48.5. The Kier molecular flexibility index (Phi) is 7.60. The van der Waals surface area contributed by atoms with Gasteiger partial charge in [0, 0.05) is 18.9 Å². The number of rotatable bonds is 6. The van der Waals surface area contributed by atoms with E-state index in [4.69, 9.17) is 24.7 Å². The van der Waals surface area contributed by atoms with Crippen LogP contribution in [0.25, 0.3) is 0 Å². The average molecular weight is 363 g/mol. The lowest BCUT2D eigenvalue weighted by Crippen LogP contribution is -2.63. The molecule has 0 bridgehead atoms. The van der Waals surface area contributed by atoms with Crippen LogP contribution in [0.2, 0.25) is 0 Å². The highest BCUT2D eigenvalue weighted by molar-refractivity contribution is 4.94. The number of aliphatic hydroxyl groups is 3. The summed E-state index contributed by atoms with van der Waals surface area (Å²) in [6, 6.07) is -0.741. The lowest BCUT2D eigenvalue weighted by Gasteiger charge is -2.47. The molecule has 2 saturated heterocycles. The molecule has 0 radical (unpaired) electrons. The fourth-order valence-corrected chi connectivity index (χ4v) is 3.85. The zero-order chi connectivity index (χ0) is 18.7. The number of hydrogen-bond acceptors (Lipinski definition) is 8. The smallest absolute Gasteiger partial charge is 0.176 e. The highest BCUT2D eigenvalue weighted by atomic mass is 16.7. The Hall–Kier alpha value is -0.320. The Balaban J connectivity index is 2.13. The van der Waals surface area contributed by atoms with Gasteiger partial charge in [0.15, 0.2) is 12.6 Å². The predicted molar refractivity (Wildman–Crippen MR) is 89.5 cm³/mol. The summed E-state index contributed by atoms with van der Waals surface area (Å²) in [4.78, 5) is 0. The summed E-state index contributed by atoms with van der Waals surface area (Å²) >= 11 is 0. The Morgan fingerprint density at radius 1 is 1.00 bits per heavy atom. The lowest BCUT2D eigenvalue weighted by atomic mass is 9.84. The van der Waals surface area contributed by atoms with Crippen molar-refractivity contribution in [3.8, 4) is 0 Å². The van der Waals surface area contributed by atoms with Gasteiger partial charge in [-0.25, -0.2) is 0 Å². The molecule has 0 aromatic heterocycles. The Labute approximate surface area is 149 Å². The maximum Gasteiger partial charge on any atom is 0.176 e. The summed E-state index contributed by atoms with van der Waals surface area (Å²) in [5.41, 5.74) is 6.13. The molecule has 8 nitrogen and oxygen atoms in total. The molecule has 2 rings (SSSR count). The summed E-state index contributed by atoms with van der Waals surface area (Å²) in [6.45, 7) is 5.41. The molecule has 0 spiro atoms. The van der Waals surface area contributed by atoms with Crippen molar-refractivity contribution in [1.82, 2.24) is 0 Å². The highest BCUT2D eigenvalue weighted by Crippen LogP contribution is 2.34. The first-order chi connectivity index (χ1) is 11.9. The quantitative estimate of drug-likeness (QED) is 0.502. The van der Waals surface area contributed by atoms with Gasteiger partial charge in [-0.2, -0.15) is 0 Å². The molecule has 8 heteroatoms. The summed E-state index contributed by atoms with van der Waals surface area (Å²) < 4.78 is 22.8. The Morgan fingerprint density at radius 3 is 2.16 bits per heavy atom. The molecule has 2 aliphatic rings. The lowest BCUT2D eigenvalue weighted by molar-refractivity contribution is -0.329. The number of aliphatic hydroxyl groups excluding tert-OH is 3. The van der Waals surface area contributed by atoms with E-state index < -0.39 is 43.0 Å². The van der Waals surface area contributed by atoms with Gasteiger partial charge in [0.1, 0.15) is 12.2 Å². The SMILES string of the molecule is CCC1OC(OC2C(CO)OC(OC)C(C)C2O)C(N)C(O)C1CC. The molecule has 2 aliphatic heterocycles. The van der Waals surface area contributed by atoms with Crippen molar-refractivity contribution in [2.45, 2.75) is 82.8 Å². The van der Waals surface area contributed by atoms with Crippen molar-refractivity contribution in [3.05, 3.63) is 0 Å². The van der Waals surface area contributed by atoms with Gasteiger partial charge < -0.3 is 40.0 Å². The van der Waals surface area contributed by atoms with Crippen molar-refractivity contribution in [3.63, 3.8) is 0 Å². The van der Waals surface area contributed by atoms with Crippen molar-refractivity contribution in [2.24, 2.45) is 17.6 Å². The first kappa shape index (κ1) is 21.0. The van der Waals surface area contributed by atoms with E-state index in [0.29, 0.717) is 0 Å². The van der Waals surface area contributed by atoms with E-state index in [2.05, 4.69) is 0 Å². The van der Waals surface area contributed by atoms with Gasteiger partial charge in [-0.1, -0.05) is 20.8 Å². The van der Waals surface area contributed by atoms with Gasteiger partial charge >= 0.3 is 0 Å². The van der Waals surface area contributed by atoms with E-state index in [1.165, 1.54) is 7.11 Å². The fraction of sp³-hybridized carbons (Fsp3) is 1.00. The van der Waals surface area contributed by atoms with Gasteiger partial charge in [0.25, 0.3) is 0 Å². The van der Waals surface area contributed by atoms with Gasteiger partial charge in [-0.05, 0) is 12.8 Å². The van der Waals surface area contributed by atoms with Crippen molar-refractivity contribution < 1.29 is 34.3 Å². The second-order valence-corrected chi connectivity index (χ2v) is 7.00. The molecule has 0 aromatic carbocycles. The van der Waals surface area contributed by atoms with Crippen LogP contribution in [0.3, 0.4) is 0 Å². The van der Waals surface area contributed by atoms with E-state index in [1.54, 1.807) is 6.92 Å². The monoisotopic (exact) mass is 363 g/mol. The standard InChI is InChI=1S/C17H33NO7/c1-5-9-10(6-2)23-17(12(18)14(9)21)25-15-11(7-19)24-16(22-4)8(3)13(15)20/h8-17,19-21H,5-7,18H2,1-4H3. The molecule has 0 amide bonds. The summed E-state index contributed by atoms with van der Waals surface area (Å²) in [7, 11) is 1.48. The van der Waals surface area contributed by atoms with Crippen molar-refractivity contribution in [2.75, 3.05) is 13.7 Å². The third-order valence-corrected chi connectivity index (χ3v) is 5.49. The number of nitrogens with two attached hydrogens (primary N) is 1. The summed E-state index contributed by atoms with van der Waals surface area (Å²) in [6.07, 6.45) is -3.50. The molecule has 10 unspecified atom stereocenters. The molecule has 10 atom stereocenters. The minimum absolute atomic E-state index is 0.0576. The van der Waals surface area contributed by atoms with E-state index in [0.717, 1.165) is 12.8 Å². The maximum atomic E-state index is 10.6. The van der Waals surface area contributed by atoms with Gasteiger partial charge in [-0.3, -0.25) is 0 Å². The molecule has 0 saturated carbocycles. The van der Waals surface area contributed by atoms with Crippen LogP contribution >= 0.6 is 0 Å². The predicted octanol–water partition coefficient (Wildman–Crippen LogP) is -0.418. The van der Waals surface area contributed by atoms with E-state index in [1.807, 2.05) is 13.8 Å². The summed E-state index contributed by atoms with van der Waals surface area (Å²) in [5, 5.41) is 30.7. The van der Waals surface area contributed by atoms with Crippen LogP contribution in [0.4, 0.5) is 0 Å². The first-order valence-corrected chi connectivity index (χ1v) is 9.11. The number of ether oxygens (including phenoxy) is 4. The van der Waals surface area contributed by atoms with Crippen LogP contribution in [-0.4, -0.2) is 78.2 Å². The summed E-state index contributed by atoms with van der Waals surface area (Å²) in [5.74, 6) is -0.411. The Bertz CT molecular complexity index is 408. The fourth-order valence-electron chi connectivity index (χ4n) is 3.85. The molecule has 0 aromatic rings. The second-order valence-electron chi connectivity index (χ2n) is 7.00. The average Bonchev–Trinajstić information content (AvgIpc) is 2.62. The molecule has 0 aliphatic carbocycles. The maximum absolute atomic E-state index is 10.6. The van der Waals surface area contributed by atoms with Gasteiger partial charge in [0.05, 0.1) is 31.0 Å². The van der Waals surface area contributed by atoms with Crippen LogP contribution in [0, 0.1) is 11.8 Å². The van der Waals surface area contributed by atoms with Crippen LogP contribution < -0.4 is 5.73 Å². The van der Waals surface area contributed by atoms with Gasteiger partial charge in [-0.15, -0.1) is 0 Å². The highest BCUT2D eigenvalue weighted by Gasteiger charge is 2.48. The molecular weight excluding hydrogens is 330 g/mol. The number of hydrogen-bond donors (Lipinski definition) is 4. The minimum atomic E-state index is -0.923. The molecule has 25 heavy (non-hydrogen) atoms. The van der Waals surface area contributed by atoms with Crippen LogP contribution in [0.5, 0.6) is 0 Å². The molecule has 2 heterocycles. The molecule has 5 N–H and O–H groups in total. The third-order valence-electron chi connectivity index (χ3n) is 5.49. The van der Waals surface area contributed by atoms with Gasteiger partial charge in [0.2, 0.25) is 0 Å². The zero-order valence-corrected chi connectivity index (χ0v) is 15.4. The Morgan fingerprint density at radius 2 is 1.64 bits per heavy atom. The van der Waals surface area contributed by atoms with E-state index >= 15 is 0 Å². The van der Waals surface area contributed by atoms with E-state index in [-0.39, 0.29) is 24.5 Å². The molecular formula is C17H33NO7. The van der Waals surface area contributed by atoms with Crippen molar-refractivity contribution >= 4 is 0 Å². The molecule has 2 fully saturated rings. The third kappa shape index (κ3) is 4.17. The minimum Gasteiger partial charge on any atom is -0.394 e. The van der Waals surface area contributed by atoms with Crippen molar-refractivity contribution in [1.29, 1.82) is 0 Å². The zero-order valence-electron chi connectivity index (χ0n) is 15.4. The largest absolute Gasteiger partial charge is 0.394 e. The van der Waals surface area contributed by atoms with E-state index in [9.17, 15) is 15.3 Å². The van der Waals surface area contributed by atoms with Crippen LogP contribution in [-0.2, 0) is 18.9 Å². The number of methoxy groups -OCH3 is 1. The van der Waals surface area contributed by atoms with Crippen LogP contribution in [0.1, 0.15) is 33.6 Å². The topological polar surface area (TPSA) is 124 Å². The molecule has 148 valence electrons. The van der Waals surface area contributed by atoms with Crippen LogP contribution in [0.15, 0.2) is 0 Å². The first-order valence-electron chi connectivity index (χ1n) is 9.11.